The highest BCUT2D eigenvalue weighted by Gasteiger charge is 2.33. The number of rotatable bonds is 3. The number of carbonyl (C=O) groups excluding carboxylic acids is 1. The first kappa shape index (κ1) is 13.8. The van der Waals surface area contributed by atoms with Gasteiger partial charge in [0, 0.05) is 12.6 Å². The molecule has 18 heavy (non-hydrogen) atoms. The van der Waals surface area contributed by atoms with Crippen LogP contribution in [-0.4, -0.2) is 30.7 Å². The molecule has 1 heterocycles. The van der Waals surface area contributed by atoms with Crippen LogP contribution in [0.2, 0.25) is 0 Å². The molecular weight excluding hydrogens is 228 g/mol. The van der Waals surface area contributed by atoms with Gasteiger partial charge in [-0.25, -0.2) is 0 Å². The van der Waals surface area contributed by atoms with Crippen molar-refractivity contribution >= 4 is 5.91 Å². The van der Waals surface area contributed by atoms with Gasteiger partial charge in [-0.05, 0) is 31.1 Å². The molecule has 0 radical (unpaired) electrons. The van der Waals surface area contributed by atoms with Gasteiger partial charge in [-0.15, -0.1) is 0 Å². The van der Waals surface area contributed by atoms with Crippen molar-refractivity contribution in [3.8, 4) is 0 Å². The van der Waals surface area contributed by atoms with Crippen molar-refractivity contribution in [3.05, 3.63) is 0 Å². The number of carbonyl (C=O) groups is 1. The summed E-state index contributed by atoms with van der Waals surface area (Å²) in [4.78, 5) is 12.2. The molecule has 2 fully saturated rings. The van der Waals surface area contributed by atoms with Gasteiger partial charge in [0.25, 0.3) is 0 Å². The molecule has 0 aromatic rings. The molecule has 5 atom stereocenters. The van der Waals surface area contributed by atoms with Crippen molar-refractivity contribution in [3.63, 3.8) is 0 Å². The summed E-state index contributed by atoms with van der Waals surface area (Å²) in [6, 6.07) is 0.321. The number of amides is 1. The highest BCUT2D eigenvalue weighted by molar-refractivity contribution is 5.81. The number of hydrogen-bond donors (Lipinski definition) is 2. The quantitative estimate of drug-likeness (QED) is 0.801. The SMILES string of the molecule is CC1CCCC(NC(=O)[C@@H]2CC[C@H](CN)O2)C1C. The molecule has 1 amide bonds. The Morgan fingerprint density at radius 3 is 2.72 bits per heavy atom. The maximum absolute atomic E-state index is 12.2. The largest absolute Gasteiger partial charge is 0.364 e. The van der Waals surface area contributed by atoms with Gasteiger partial charge < -0.3 is 15.8 Å². The molecule has 1 saturated carbocycles. The topological polar surface area (TPSA) is 64.4 Å². The minimum absolute atomic E-state index is 0.0666. The molecule has 2 rings (SSSR count). The van der Waals surface area contributed by atoms with Crippen molar-refractivity contribution < 1.29 is 9.53 Å². The first-order valence-corrected chi connectivity index (χ1v) is 7.27. The Balaban J connectivity index is 1.84. The molecule has 104 valence electrons. The minimum Gasteiger partial charge on any atom is -0.364 e. The van der Waals surface area contributed by atoms with Crippen LogP contribution in [0.5, 0.6) is 0 Å². The van der Waals surface area contributed by atoms with Gasteiger partial charge in [0.2, 0.25) is 5.91 Å². The average molecular weight is 254 g/mol. The zero-order valence-corrected chi connectivity index (χ0v) is 11.5. The van der Waals surface area contributed by atoms with E-state index in [1.54, 1.807) is 0 Å². The zero-order valence-electron chi connectivity index (χ0n) is 11.5. The standard InChI is InChI=1S/C14H26N2O2/c1-9-4-3-5-12(10(9)2)16-14(17)13-7-6-11(8-15)18-13/h9-13H,3-8,15H2,1-2H3,(H,16,17)/t9?,10?,11-,12?,13+/m1/s1. The molecule has 1 aliphatic carbocycles. The lowest BCUT2D eigenvalue weighted by molar-refractivity contribution is -0.133. The van der Waals surface area contributed by atoms with Crippen molar-refractivity contribution in [1.82, 2.24) is 5.32 Å². The molecule has 2 aliphatic rings. The lowest BCUT2D eigenvalue weighted by Crippen LogP contribution is -2.47. The van der Waals surface area contributed by atoms with Crippen LogP contribution in [0, 0.1) is 11.8 Å². The van der Waals surface area contributed by atoms with Gasteiger partial charge in [-0.1, -0.05) is 26.7 Å². The van der Waals surface area contributed by atoms with Crippen LogP contribution in [0.3, 0.4) is 0 Å². The molecule has 0 aromatic heterocycles. The molecule has 3 N–H and O–H groups in total. The molecule has 3 unspecified atom stereocenters. The minimum atomic E-state index is -0.275. The summed E-state index contributed by atoms with van der Waals surface area (Å²) >= 11 is 0. The number of nitrogens with one attached hydrogen (secondary N) is 1. The lowest BCUT2D eigenvalue weighted by Gasteiger charge is -2.35. The van der Waals surface area contributed by atoms with Crippen molar-refractivity contribution in [2.24, 2.45) is 17.6 Å². The first-order chi connectivity index (χ1) is 8.61. The van der Waals surface area contributed by atoms with Crippen LogP contribution in [0.25, 0.3) is 0 Å². The van der Waals surface area contributed by atoms with Crippen molar-refractivity contribution in [1.29, 1.82) is 0 Å². The maximum atomic E-state index is 12.2. The molecule has 0 aromatic carbocycles. The molecular formula is C14H26N2O2. The summed E-state index contributed by atoms with van der Waals surface area (Å²) in [7, 11) is 0. The maximum Gasteiger partial charge on any atom is 0.249 e. The van der Waals surface area contributed by atoms with E-state index in [1.807, 2.05) is 0 Å². The van der Waals surface area contributed by atoms with Crippen molar-refractivity contribution in [2.45, 2.75) is 64.2 Å². The van der Waals surface area contributed by atoms with E-state index in [2.05, 4.69) is 19.2 Å². The van der Waals surface area contributed by atoms with E-state index in [0.29, 0.717) is 24.4 Å². The van der Waals surface area contributed by atoms with Gasteiger partial charge in [-0.3, -0.25) is 4.79 Å². The van der Waals surface area contributed by atoms with Gasteiger partial charge >= 0.3 is 0 Å². The van der Waals surface area contributed by atoms with E-state index >= 15 is 0 Å². The van der Waals surface area contributed by atoms with Crippen molar-refractivity contribution in [2.75, 3.05) is 6.54 Å². The van der Waals surface area contributed by atoms with E-state index < -0.39 is 0 Å². The highest BCUT2D eigenvalue weighted by Crippen LogP contribution is 2.30. The highest BCUT2D eigenvalue weighted by atomic mass is 16.5. The summed E-state index contributed by atoms with van der Waals surface area (Å²) in [5.41, 5.74) is 5.56. The first-order valence-electron chi connectivity index (χ1n) is 7.27. The Morgan fingerprint density at radius 1 is 1.28 bits per heavy atom. The fourth-order valence-electron chi connectivity index (χ4n) is 3.13. The summed E-state index contributed by atoms with van der Waals surface area (Å²) in [6.07, 6.45) is 5.11. The summed E-state index contributed by atoms with van der Waals surface area (Å²) in [5.74, 6) is 1.33. The second-order valence-corrected chi connectivity index (χ2v) is 5.94. The third-order valence-corrected chi connectivity index (χ3v) is 4.70. The second-order valence-electron chi connectivity index (χ2n) is 5.94. The molecule has 4 nitrogen and oxygen atoms in total. The predicted octanol–water partition coefficient (Wildman–Crippen LogP) is 1.43. The van der Waals surface area contributed by atoms with E-state index in [9.17, 15) is 4.79 Å². The number of ether oxygens (including phenoxy) is 1. The third-order valence-electron chi connectivity index (χ3n) is 4.70. The fraction of sp³-hybridized carbons (Fsp3) is 0.929. The zero-order chi connectivity index (χ0) is 13.1. The van der Waals surface area contributed by atoms with Crippen LogP contribution in [0.1, 0.15) is 46.0 Å². The molecule has 4 heteroatoms. The van der Waals surface area contributed by atoms with E-state index in [0.717, 1.165) is 19.3 Å². The second kappa shape index (κ2) is 6.02. The van der Waals surface area contributed by atoms with Gasteiger partial charge in [0.15, 0.2) is 0 Å². The predicted molar refractivity (Wildman–Crippen MR) is 71.1 cm³/mol. The normalized spacial score (nSPS) is 40.7. The van der Waals surface area contributed by atoms with Crippen LogP contribution >= 0.6 is 0 Å². The fourth-order valence-corrected chi connectivity index (χ4v) is 3.13. The Bertz CT molecular complexity index is 296. The Morgan fingerprint density at radius 2 is 2.06 bits per heavy atom. The van der Waals surface area contributed by atoms with Crippen LogP contribution in [-0.2, 0) is 9.53 Å². The summed E-state index contributed by atoms with van der Waals surface area (Å²) in [6.45, 7) is 5.03. The Hall–Kier alpha value is -0.610. The Kier molecular flexibility index (Phi) is 4.62. The molecule has 1 saturated heterocycles. The van der Waals surface area contributed by atoms with E-state index in [-0.39, 0.29) is 18.1 Å². The van der Waals surface area contributed by atoms with E-state index in [1.165, 1.54) is 12.8 Å². The average Bonchev–Trinajstić information content (AvgIpc) is 2.83. The van der Waals surface area contributed by atoms with Crippen LogP contribution in [0.4, 0.5) is 0 Å². The van der Waals surface area contributed by atoms with Crippen LogP contribution in [0.15, 0.2) is 0 Å². The molecule has 0 spiro atoms. The smallest absolute Gasteiger partial charge is 0.249 e. The summed E-state index contributed by atoms with van der Waals surface area (Å²) < 4.78 is 5.64. The third kappa shape index (κ3) is 3.04. The monoisotopic (exact) mass is 254 g/mol. The van der Waals surface area contributed by atoms with E-state index in [4.69, 9.17) is 10.5 Å². The molecule has 1 aliphatic heterocycles. The van der Waals surface area contributed by atoms with Gasteiger partial charge in [0.05, 0.1) is 6.10 Å². The number of hydrogen-bond acceptors (Lipinski definition) is 3. The Labute approximate surface area is 110 Å². The lowest BCUT2D eigenvalue weighted by atomic mass is 9.78. The van der Waals surface area contributed by atoms with Gasteiger partial charge in [0.1, 0.15) is 6.10 Å². The van der Waals surface area contributed by atoms with Gasteiger partial charge in [-0.2, -0.15) is 0 Å². The summed E-state index contributed by atoms with van der Waals surface area (Å²) in [5, 5.41) is 3.18. The number of nitrogens with two attached hydrogens (primary N) is 1. The van der Waals surface area contributed by atoms with Crippen LogP contribution < -0.4 is 11.1 Å². The molecule has 0 bridgehead atoms.